The Kier molecular flexibility index (Phi) is 11.2. The summed E-state index contributed by atoms with van der Waals surface area (Å²) in [7, 11) is 0. The SMILES string of the molecule is CCC1C=C2C(c3ccccc3)=CC=CC=C2[CH]1[Zr](=[C](C)C)[CH]1C2=CC=CC=C(c3ccccc3)C2=CC1CC.Cl.Cl. The van der Waals surface area contributed by atoms with Crippen LogP contribution in [0.3, 0.4) is 0 Å². The van der Waals surface area contributed by atoms with Crippen LogP contribution in [0.2, 0.25) is 7.25 Å². The zero-order valence-corrected chi connectivity index (χ0v) is 29.2. The van der Waals surface area contributed by atoms with Gasteiger partial charge in [-0.15, -0.1) is 24.8 Å². The Labute approximate surface area is 273 Å². The van der Waals surface area contributed by atoms with Gasteiger partial charge in [0.15, 0.2) is 0 Å². The third-order valence-corrected chi connectivity index (χ3v) is 18.9. The molecule has 2 aromatic rings. The van der Waals surface area contributed by atoms with Crippen molar-refractivity contribution in [2.24, 2.45) is 11.8 Å². The number of halogens is 2. The van der Waals surface area contributed by atoms with Gasteiger partial charge in [-0.2, -0.15) is 0 Å². The maximum absolute atomic E-state index is 2.66. The second-order valence-corrected chi connectivity index (χ2v) is 19.4. The average molecular weight is 673 g/mol. The van der Waals surface area contributed by atoms with E-state index in [0.29, 0.717) is 19.1 Å². The zero-order valence-electron chi connectivity index (χ0n) is 25.1. The van der Waals surface area contributed by atoms with Crippen molar-refractivity contribution < 1.29 is 21.3 Å². The Morgan fingerprint density at radius 2 is 0.929 bits per heavy atom. The van der Waals surface area contributed by atoms with Gasteiger partial charge in [0, 0.05) is 0 Å². The summed E-state index contributed by atoms with van der Waals surface area (Å²) in [6.45, 7) is 9.78. The first-order valence-corrected chi connectivity index (χ1v) is 19.1. The molecule has 0 bridgehead atoms. The molecule has 216 valence electrons. The summed E-state index contributed by atoms with van der Waals surface area (Å²) in [5, 5.41) is 0. The molecule has 4 aliphatic rings. The quantitative estimate of drug-likeness (QED) is 0.287. The number of hydrogen-bond acceptors (Lipinski definition) is 0. The van der Waals surface area contributed by atoms with E-state index in [0.717, 1.165) is 0 Å². The van der Waals surface area contributed by atoms with Crippen LogP contribution in [0.5, 0.6) is 0 Å². The number of rotatable bonds is 6. The molecule has 0 saturated heterocycles. The van der Waals surface area contributed by atoms with Crippen molar-refractivity contribution in [2.45, 2.75) is 47.8 Å². The predicted octanol–water partition coefficient (Wildman–Crippen LogP) is 11.3. The summed E-state index contributed by atoms with van der Waals surface area (Å²) < 4.78 is 3.06. The smallest absolute Gasteiger partial charge is 0.147 e. The van der Waals surface area contributed by atoms with Gasteiger partial charge in [-0.3, -0.25) is 0 Å². The van der Waals surface area contributed by atoms with Crippen molar-refractivity contribution in [3.63, 3.8) is 0 Å². The summed E-state index contributed by atoms with van der Waals surface area (Å²) in [5.41, 5.74) is 11.6. The van der Waals surface area contributed by atoms with Crippen LogP contribution in [0.25, 0.3) is 11.1 Å². The van der Waals surface area contributed by atoms with Gasteiger partial charge in [0.05, 0.1) is 0 Å². The third-order valence-electron chi connectivity index (χ3n) is 9.15. The van der Waals surface area contributed by atoms with E-state index in [4.69, 9.17) is 0 Å². The molecule has 0 radical (unpaired) electrons. The van der Waals surface area contributed by atoms with E-state index in [1.165, 1.54) is 46.3 Å². The van der Waals surface area contributed by atoms with Crippen LogP contribution < -0.4 is 0 Å². The fourth-order valence-corrected chi connectivity index (χ4v) is 18.1. The summed E-state index contributed by atoms with van der Waals surface area (Å²) in [6, 6.07) is 22.0. The maximum atomic E-state index is 2.66. The third kappa shape index (κ3) is 6.04. The molecule has 2 aromatic carbocycles. The van der Waals surface area contributed by atoms with Gasteiger partial charge >= 0.3 is 250 Å². The molecule has 0 N–H and O–H groups in total. The number of allylic oxidation sites excluding steroid dienone is 16. The van der Waals surface area contributed by atoms with Gasteiger partial charge < -0.3 is 0 Å². The van der Waals surface area contributed by atoms with Gasteiger partial charge in [0.1, 0.15) is 0 Å². The Balaban J connectivity index is 0.00000202. The van der Waals surface area contributed by atoms with Crippen LogP contribution in [0.15, 0.2) is 144 Å². The van der Waals surface area contributed by atoms with Crippen molar-refractivity contribution in [1.29, 1.82) is 0 Å². The summed E-state index contributed by atoms with van der Waals surface area (Å²) in [4.78, 5) is 0. The van der Waals surface area contributed by atoms with Crippen molar-refractivity contribution in [3.05, 3.63) is 155 Å². The van der Waals surface area contributed by atoms with Gasteiger partial charge in [0.2, 0.25) is 0 Å². The summed E-state index contributed by atoms with van der Waals surface area (Å²) >= 11 is -2.29. The predicted molar refractivity (Wildman–Crippen MR) is 185 cm³/mol. The van der Waals surface area contributed by atoms with E-state index in [9.17, 15) is 0 Å². The molecule has 0 saturated carbocycles. The minimum absolute atomic E-state index is 0. The first kappa shape index (κ1) is 32.6. The standard InChI is InChI=1S/2C18H17.C3H6.2ClH.Zr/c2*1-2-14-12-16-10-6-7-11-17(18(16)13-14)15-8-4-3-5-9-15;1-3-2;;;/h2*3-14H,2H2,1H3;1-2H3;2*1H;. The monoisotopic (exact) mass is 670 g/mol. The van der Waals surface area contributed by atoms with Crippen LogP contribution in [0.4, 0.5) is 0 Å². The Morgan fingerprint density at radius 3 is 1.29 bits per heavy atom. The van der Waals surface area contributed by atoms with Gasteiger partial charge in [0.25, 0.3) is 0 Å². The molecule has 0 fully saturated rings. The maximum Gasteiger partial charge on any atom is -0.147 e. The van der Waals surface area contributed by atoms with E-state index in [2.05, 4.69) is 149 Å². The van der Waals surface area contributed by atoms with Gasteiger partial charge in [-0.05, 0) is 0 Å². The van der Waals surface area contributed by atoms with Gasteiger partial charge in [-0.1, -0.05) is 0 Å². The number of fused-ring (bicyclic) bond motifs is 2. The van der Waals surface area contributed by atoms with E-state index < -0.39 is 21.3 Å². The van der Waals surface area contributed by atoms with E-state index in [1.807, 2.05) is 0 Å². The molecule has 0 nitrogen and oxygen atoms in total. The van der Waals surface area contributed by atoms with Crippen molar-refractivity contribution in [3.8, 4) is 0 Å². The minimum atomic E-state index is -2.29. The summed E-state index contributed by atoms with van der Waals surface area (Å²) in [6.07, 6.45) is 26.4. The fraction of sp³-hybridized carbons (Fsp3) is 0.256. The second kappa shape index (κ2) is 14.4. The minimum Gasteiger partial charge on any atom is -0.147 e. The molecule has 4 atom stereocenters. The molecule has 6 rings (SSSR count). The first-order valence-electron chi connectivity index (χ1n) is 15.0. The molecule has 0 aliphatic heterocycles. The largest absolute Gasteiger partial charge is 0.147 e. The fourth-order valence-electron chi connectivity index (χ4n) is 7.35. The molecule has 0 amide bonds. The molecule has 4 unspecified atom stereocenters. The van der Waals surface area contributed by atoms with Crippen LogP contribution >= 0.6 is 24.8 Å². The Hall–Kier alpha value is -2.31. The molecule has 0 heterocycles. The second-order valence-electron chi connectivity index (χ2n) is 11.6. The van der Waals surface area contributed by atoms with Crippen molar-refractivity contribution >= 4 is 39.2 Å². The Bertz CT molecular complexity index is 1460. The average Bonchev–Trinajstić information content (AvgIpc) is 3.33. The number of benzene rings is 2. The molecule has 4 aliphatic carbocycles. The van der Waals surface area contributed by atoms with E-state index in [-0.39, 0.29) is 24.8 Å². The van der Waals surface area contributed by atoms with Crippen LogP contribution in [-0.4, -0.2) is 3.21 Å². The molecule has 0 spiro atoms. The molecular formula is C39H42Cl2Zr. The van der Waals surface area contributed by atoms with Crippen molar-refractivity contribution in [1.82, 2.24) is 0 Å². The number of hydrogen-bond donors (Lipinski definition) is 0. The van der Waals surface area contributed by atoms with Crippen molar-refractivity contribution in [2.75, 3.05) is 0 Å². The molecular weight excluding hydrogens is 631 g/mol. The van der Waals surface area contributed by atoms with E-state index >= 15 is 0 Å². The van der Waals surface area contributed by atoms with E-state index in [1.54, 1.807) is 14.4 Å². The zero-order chi connectivity index (χ0) is 27.6. The van der Waals surface area contributed by atoms with Crippen LogP contribution in [0.1, 0.15) is 51.7 Å². The molecule has 0 aromatic heterocycles. The normalized spacial score (nSPS) is 23.7. The first-order chi connectivity index (χ1) is 19.6. The molecule has 42 heavy (non-hydrogen) atoms. The Morgan fingerprint density at radius 1 is 0.548 bits per heavy atom. The molecule has 3 heteroatoms. The summed E-state index contributed by atoms with van der Waals surface area (Å²) in [5.74, 6) is 1.22. The van der Waals surface area contributed by atoms with Crippen LogP contribution in [0, 0.1) is 11.8 Å². The topological polar surface area (TPSA) is 0 Å². The van der Waals surface area contributed by atoms with Gasteiger partial charge in [-0.25, -0.2) is 0 Å². The van der Waals surface area contributed by atoms with Crippen LogP contribution in [-0.2, 0) is 21.3 Å².